The Bertz CT molecular complexity index is 819. The predicted molar refractivity (Wildman–Crippen MR) is 98.6 cm³/mol. The standard InChI is InChI=1S/C19H24N2O3S/c1-11-15(25-17(20-11)18(2,3)4)16(22)21-19(5,6)12-7-8-13-14(9-12)24-10-23-13/h7-9H,10H2,1-6H3,(H,21,22). The minimum Gasteiger partial charge on any atom is -0.454 e. The highest BCUT2D eigenvalue weighted by molar-refractivity contribution is 7.14. The van der Waals surface area contributed by atoms with E-state index in [1.807, 2.05) is 39.0 Å². The van der Waals surface area contributed by atoms with Crippen LogP contribution >= 0.6 is 11.3 Å². The SMILES string of the molecule is Cc1nc(C(C)(C)C)sc1C(=O)NC(C)(C)c1ccc2c(c1)OCO2. The fourth-order valence-corrected chi connectivity index (χ4v) is 3.65. The minimum absolute atomic E-state index is 0.0687. The number of amides is 1. The van der Waals surface area contributed by atoms with Gasteiger partial charge in [0.1, 0.15) is 4.88 Å². The molecule has 2 heterocycles. The van der Waals surface area contributed by atoms with Crippen molar-refractivity contribution in [2.24, 2.45) is 0 Å². The second-order valence-electron chi connectivity index (χ2n) is 7.83. The third kappa shape index (κ3) is 3.49. The zero-order chi connectivity index (χ0) is 18.4. The highest BCUT2D eigenvalue weighted by atomic mass is 32.1. The molecular formula is C19H24N2O3S. The Labute approximate surface area is 152 Å². The molecule has 25 heavy (non-hydrogen) atoms. The third-order valence-corrected chi connectivity index (χ3v) is 5.75. The summed E-state index contributed by atoms with van der Waals surface area (Å²) >= 11 is 1.46. The first kappa shape index (κ1) is 17.7. The molecule has 1 aromatic heterocycles. The van der Waals surface area contributed by atoms with E-state index in [4.69, 9.17) is 9.47 Å². The molecule has 3 rings (SSSR count). The molecular weight excluding hydrogens is 336 g/mol. The van der Waals surface area contributed by atoms with Crippen molar-refractivity contribution in [3.05, 3.63) is 39.3 Å². The smallest absolute Gasteiger partial charge is 0.263 e. The zero-order valence-corrected chi connectivity index (χ0v) is 16.3. The van der Waals surface area contributed by atoms with Gasteiger partial charge in [-0.2, -0.15) is 0 Å². The van der Waals surface area contributed by atoms with E-state index in [0.717, 1.165) is 22.0 Å². The number of carbonyl (C=O) groups excluding carboxylic acids is 1. The zero-order valence-electron chi connectivity index (χ0n) is 15.5. The molecule has 0 saturated heterocycles. The second kappa shape index (κ2) is 6.02. The van der Waals surface area contributed by atoms with Crippen molar-refractivity contribution < 1.29 is 14.3 Å². The highest BCUT2D eigenvalue weighted by Crippen LogP contribution is 2.36. The second-order valence-corrected chi connectivity index (χ2v) is 8.83. The van der Waals surface area contributed by atoms with E-state index in [9.17, 15) is 4.79 Å². The molecule has 0 unspecified atom stereocenters. The summed E-state index contributed by atoms with van der Waals surface area (Å²) in [6.45, 7) is 12.4. The largest absolute Gasteiger partial charge is 0.454 e. The van der Waals surface area contributed by atoms with Crippen LogP contribution in [0.4, 0.5) is 0 Å². The van der Waals surface area contributed by atoms with Gasteiger partial charge in [-0.25, -0.2) is 4.98 Å². The minimum atomic E-state index is -0.545. The number of hydrogen-bond acceptors (Lipinski definition) is 5. The molecule has 0 saturated carbocycles. The molecule has 1 aliphatic rings. The first-order valence-electron chi connectivity index (χ1n) is 8.28. The predicted octanol–water partition coefficient (Wildman–Crippen LogP) is 4.14. The van der Waals surface area contributed by atoms with E-state index in [0.29, 0.717) is 10.6 Å². The van der Waals surface area contributed by atoms with Crippen molar-refractivity contribution >= 4 is 17.2 Å². The van der Waals surface area contributed by atoms with Crippen molar-refractivity contribution in [3.8, 4) is 11.5 Å². The van der Waals surface area contributed by atoms with Crippen molar-refractivity contribution in [3.63, 3.8) is 0 Å². The van der Waals surface area contributed by atoms with Gasteiger partial charge in [0, 0.05) is 5.41 Å². The van der Waals surface area contributed by atoms with Crippen LogP contribution in [0.1, 0.15) is 60.6 Å². The number of rotatable bonds is 3. The monoisotopic (exact) mass is 360 g/mol. The molecule has 1 aliphatic heterocycles. The summed E-state index contributed by atoms with van der Waals surface area (Å²) < 4.78 is 10.8. The Balaban J connectivity index is 1.83. The van der Waals surface area contributed by atoms with E-state index < -0.39 is 5.54 Å². The molecule has 1 amide bonds. The summed E-state index contributed by atoms with van der Waals surface area (Å²) in [5.41, 5.74) is 1.12. The number of ether oxygens (including phenoxy) is 2. The number of aromatic nitrogens is 1. The molecule has 0 fully saturated rings. The molecule has 0 spiro atoms. The maximum Gasteiger partial charge on any atom is 0.263 e. The molecule has 2 aromatic rings. The van der Waals surface area contributed by atoms with Gasteiger partial charge < -0.3 is 14.8 Å². The molecule has 0 bridgehead atoms. The highest BCUT2D eigenvalue weighted by Gasteiger charge is 2.29. The maximum absolute atomic E-state index is 12.8. The van der Waals surface area contributed by atoms with Gasteiger partial charge in [0.2, 0.25) is 6.79 Å². The Morgan fingerprint density at radius 1 is 1.16 bits per heavy atom. The summed E-state index contributed by atoms with van der Waals surface area (Å²) in [5.74, 6) is 1.34. The number of carbonyl (C=O) groups is 1. The van der Waals surface area contributed by atoms with Gasteiger partial charge in [0.15, 0.2) is 11.5 Å². The molecule has 134 valence electrons. The lowest BCUT2D eigenvalue weighted by molar-refractivity contribution is 0.0915. The fraction of sp³-hybridized carbons (Fsp3) is 0.474. The Morgan fingerprint density at radius 3 is 2.48 bits per heavy atom. The average molecular weight is 360 g/mol. The normalized spacial score (nSPS) is 13.8. The van der Waals surface area contributed by atoms with Gasteiger partial charge in [-0.15, -0.1) is 11.3 Å². The van der Waals surface area contributed by atoms with E-state index in [2.05, 4.69) is 31.1 Å². The first-order chi connectivity index (χ1) is 11.6. The maximum atomic E-state index is 12.8. The molecule has 5 nitrogen and oxygen atoms in total. The van der Waals surface area contributed by atoms with Crippen LogP contribution in [0.2, 0.25) is 0 Å². The van der Waals surface area contributed by atoms with Gasteiger partial charge in [0.25, 0.3) is 5.91 Å². The molecule has 0 aliphatic carbocycles. The van der Waals surface area contributed by atoms with Gasteiger partial charge in [0.05, 0.1) is 16.2 Å². The lowest BCUT2D eigenvalue weighted by Gasteiger charge is -2.27. The number of nitrogens with one attached hydrogen (secondary N) is 1. The van der Waals surface area contributed by atoms with Crippen LogP contribution in [-0.4, -0.2) is 17.7 Å². The van der Waals surface area contributed by atoms with Crippen LogP contribution in [-0.2, 0) is 11.0 Å². The molecule has 0 radical (unpaired) electrons. The van der Waals surface area contributed by atoms with Gasteiger partial charge in [-0.05, 0) is 38.5 Å². The van der Waals surface area contributed by atoms with E-state index in [1.54, 1.807) is 0 Å². The van der Waals surface area contributed by atoms with E-state index in [-0.39, 0.29) is 18.1 Å². The molecule has 0 atom stereocenters. The van der Waals surface area contributed by atoms with Crippen molar-refractivity contribution in [2.45, 2.75) is 52.5 Å². The molecule has 1 N–H and O–H groups in total. The summed E-state index contributed by atoms with van der Waals surface area (Å²) in [4.78, 5) is 18.1. The summed E-state index contributed by atoms with van der Waals surface area (Å²) in [7, 11) is 0. The first-order valence-corrected chi connectivity index (χ1v) is 9.10. The summed E-state index contributed by atoms with van der Waals surface area (Å²) in [6.07, 6.45) is 0. The van der Waals surface area contributed by atoms with Crippen LogP contribution in [0.25, 0.3) is 0 Å². The fourth-order valence-electron chi connectivity index (χ4n) is 2.63. The Kier molecular flexibility index (Phi) is 4.27. The van der Waals surface area contributed by atoms with Crippen LogP contribution in [0, 0.1) is 6.92 Å². The van der Waals surface area contributed by atoms with Crippen LogP contribution in [0.5, 0.6) is 11.5 Å². The average Bonchev–Trinajstić information content (AvgIpc) is 3.11. The topological polar surface area (TPSA) is 60.5 Å². The summed E-state index contributed by atoms with van der Waals surface area (Å²) in [5, 5.41) is 4.09. The Hall–Kier alpha value is -2.08. The van der Waals surface area contributed by atoms with Gasteiger partial charge >= 0.3 is 0 Å². The van der Waals surface area contributed by atoms with Crippen molar-refractivity contribution in [1.82, 2.24) is 10.3 Å². The van der Waals surface area contributed by atoms with Crippen LogP contribution in [0.3, 0.4) is 0 Å². The quantitative estimate of drug-likeness (QED) is 0.893. The number of fused-ring (bicyclic) bond motifs is 1. The molecule has 6 heteroatoms. The Morgan fingerprint density at radius 2 is 1.84 bits per heavy atom. The van der Waals surface area contributed by atoms with Gasteiger partial charge in [-0.1, -0.05) is 26.8 Å². The van der Waals surface area contributed by atoms with Gasteiger partial charge in [-0.3, -0.25) is 4.79 Å². The third-order valence-electron chi connectivity index (χ3n) is 4.16. The lowest BCUT2D eigenvalue weighted by Crippen LogP contribution is -2.40. The number of hydrogen-bond donors (Lipinski definition) is 1. The number of aryl methyl sites for hydroxylation is 1. The van der Waals surface area contributed by atoms with Crippen LogP contribution < -0.4 is 14.8 Å². The lowest BCUT2D eigenvalue weighted by atomic mass is 9.93. The molecule has 1 aromatic carbocycles. The number of thiazole rings is 1. The van der Waals surface area contributed by atoms with E-state index >= 15 is 0 Å². The van der Waals surface area contributed by atoms with Crippen molar-refractivity contribution in [2.75, 3.05) is 6.79 Å². The summed E-state index contributed by atoms with van der Waals surface area (Å²) in [6, 6.07) is 5.75. The number of nitrogens with zero attached hydrogens (tertiary/aromatic N) is 1. The van der Waals surface area contributed by atoms with Crippen molar-refractivity contribution in [1.29, 1.82) is 0 Å². The van der Waals surface area contributed by atoms with E-state index in [1.165, 1.54) is 11.3 Å². The number of benzene rings is 1. The van der Waals surface area contributed by atoms with Crippen LogP contribution in [0.15, 0.2) is 18.2 Å².